The van der Waals surface area contributed by atoms with E-state index in [1.165, 1.54) is 0 Å². The van der Waals surface area contributed by atoms with E-state index in [2.05, 4.69) is 20.5 Å². The van der Waals surface area contributed by atoms with Crippen molar-refractivity contribution in [2.75, 3.05) is 11.9 Å². The maximum Gasteiger partial charge on any atom is 0.308 e. The number of anilines is 1. The summed E-state index contributed by atoms with van der Waals surface area (Å²) in [5.74, 6) is 0.0802. The Labute approximate surface area is 110 Å². The molecule has 0 saturated carbocycles. The zero-order valence-electron chi connectivity index (χ0n) is 11.2. The molecule has 2 aromatic heterocycles. The van der Waals surface area contributed by atoms with Crippen LogP contribution in [0.5, 0.6) is 0 Å². The van der Waals surface area contributed by atoms with E-state index in [4.69, 9.17) is 5.11 Å². The minimum Gasteiger partial charge on any atom is -0.481 e. The van der Waals surface area contributed by atoms with Gasteiger partial charge >= 0.3 is 5.97 Å². The summed E-state index contributed by atoms with van der Waals surface area (Å²) < 4.78 is 1.81. The number of nitrogens with zero attached hydrogens (tertiary/aromatic N) is 4. The number of hydrogen-bond acceptors (Lipinski definition) is 5. The van der Waals surface area contributed by atoms with E-state index in [0.29, 0.717) is 18.0 Å². The van der Waals surface area contributed by atoms with Crippen molar-refractivity contribution in [3.8, 4) is 0 Å². The van der Waals surface area contributed by atoms with Crippen LogP contribution in [0.15, 0.2) is 12.4 Å². The molecule has 0 fully saturated rings. The van der Waals surface area contributed by atoms with Gasteiger partial charge in [0.05, 0.1) is 5.92 Å². The van der Waals surface area contributed by atoms with Gasteiger partial charge in [-0.1, -0.05) is 13.8 Å². The highest BCUT2D eigenvalue weighted by atomic mass is 16.4. The van der Waals surface area contributed by atoms with Crippen molar-refractivity contribution < 1.29 is 9.90 Å². The van der Waals surface area contributed by atoms with Crippen LogP contribution in [-0.4, -0.2) is 37.2 Å². The monoisotopic (exact) mass is 263 g/mol. The number of aliphatic carboxylic acids is 1. The molecule has 0 spiro atoms. The topological polar surface area (TPSA) is 92.4 Å². The molecule has 0 aromatic carbocycles. The molecule has 19 heavy (non-hydrogen) atoms. The van der Waals surface area contributed by atoms with E-state index >= 15 is 0 Å². The number of nitrogens with one attached hydrogen (secondary N) is 1. The van der Waals surface area contributed by atoms with E-state index in [0.717, 1.165) is 5.82 Å². The normalized spacial score (nSPS) is 12.8. The molecule has 0 radical (unpaired) electrons. The van der Waals surface area contributed by atoms with Crippen molar-refractivity contribution in [2.24, 2.45) is 11.8 Å². The number of aryl methyl sites for hydroxylation is 1. The highest BCUT2D eigenvalue weighted by Crippen LogP contribution is 2.15. The highest BCUT2D eigenvalue weighted by Gasteiger charge is 2.21. The standard InChI is InChI=1S/C12H17N5O2/c1-7(2)9(12(18)19)6-14-10-11-16-15-8(3)17(11)5-4-13-10/h4-5,7,9H,6H2,1-3H3,(H,13,14)(H,18,19). The quantitative estimate of drug-likeness (QED) is 0.842. The third-order valence-electron chi connectivity index (χ3n) is 3.11. The summed E-state index contributed by atoms with van der Waals surface area (Å²) in [6.45, 7) is 5.93. The molecule has 2 N–H and O–H groups in total. The second-order valence-electron chi connectivity index (χ2n) is 4.79. The first-order valence-corrected chi connectivity index (χ1v) is 6.13. The van der Waals surface area contributed by atoms with Crippen molar-refractivity contribution in [2.45, 2.75) is 20.8 Å². The summed E-state index contributed by atoms with van der Waals surface area (Å²) in [4.78, 5) is 15.3. The van der Waals surface area contributed by atoms with Gasteiger partial charge in [0.25, 0.3) is 0 Å². The second-order valence-corrected chi connectivity index (χ2v) is 4.79. The van der Waals surface area contributed by atoms with Crippen LogP contribution in [0.4, 0.5) is 5.82 Å². The van der Waals surface area contributed by atoms with Crippen LogP contribution in [0.2, 0.25) is 0 Å². The fourth-order valence-electron chi connectivity index (χ4n) is 1.88. The molecular formula is C12H17N5O2. The maximum atomic E-state index is 11.1. The Morgan fingerprint density at radius 2 is 2.21 bits per heavy atom. The Hall–Kier alpha value is -2.18. The number of rotatable bonds is 5. The van der Waals surface area contributed by atoms with Crippen molar-refractivity contribution >= 4 is 17.4 Å². The van der Waals surface area contributed by atoms with Gasteiger partial charge in [-0.3, -0.25) is 9.20 Å². The number of aromatic nitrogens is 4. The second kappa shape index (κ2) is 5.21. The molecule has 7 heteroatoms. The summed E-state index contributed by atoms with van der Waals surface area (Å²) >= 11 is 0. The number of carboxylic acid groups (broad SMARTS) is 1. The summed E-state index contributed by atoms with van der Waals surface area (Å²) in [6.07, 6.45) is 3.41. The Morgan fingerprint density at radius 3 is 2.84 bits per heavy atom. The fourth-order valence-corrected chi connectivity index (χ4v) is 1.88. The molecule has 0 aliphatic rings. The highest BCUT2D eigenvalue weighted by molar-refractivity contribution is 5.71. The first kappa shape index (κ1) is 13.3. The van der Waals surface area contributed by atoms with Crippen LogP contribution >= 0.6 is 0 Å². The van der Waals surface area contributed by atoms with Gasteiger partial charge in [0.2, 0.25) is 5.65 Å². The van der Waals surface area contributed by atoms with Crippen LogP contribution in [0, 0.1) is 18.8 Å². The first-order chi connectivity index (χ1) is 9.00. The molecule has 0 aliphatic carbocycles. The van der Waals surface area contributed by atoms with Gasteiger partial charge in [-0.25, -0.2) is 4.98 Å². The summed E-state index contributed by atoms with van der Waals surface area (Å²) in [5, 5.41) is 20.2. The van der Waals surface area contributed by atoms with Crippen molar-refractivity contribution in [3.63, 3.8) is 0 Å². The van der Waals surface area contributed by atoms with Gasteiger partial charge in [0, 0.05) is 18.9 Å². The van der Waals surface area contributed by atoms with Crippen molar-refractivity contribution in [3.05, 3.63) is 18.2 Å². The molecule has 7 nitrogen and oxygen atoms in total. The average molecular weight is 263 g/mol. The third-order valence-corrected chi connectivity index (χ3v) is 3.11. The Bertz CT molecular complexity index is 593. The molecule has 1 atom stereocenters. The van der Waals surface area contributed by atoms with Crippen LogP contribution in [0.3, 0.4) is 0 Å². The zero-order chi connectivity index (χ0) is 14.0. The number of fused-ring (bicyclic) bond motifs is 1. The molecule has 0 bridgehead atoms. The SMILES string of the molecule is Cc1nnc2c(NCC(C(=O)O)C(C)C)nccn12. The molecule has 1 unspecified atom stereocenters. The maximum absolute atomic E-state index is 11.1. The van der Waals surface area contributed by atoms with Crippen LogP contribution in [-0.2, 0) is 4.79 Å². The minimum atomic E-state index is -0.813. The molecule has 2 heterocycles. The molecule has 2 aromatic rings. The van der Waals surface area contributed by atoms with Gasteiger partial charge in [0.15, 0.2) is 5.82 Å². The average Bonchev–Trinajstić information content (AvgIpc) is 2.71. The summed E-state index contributed by atoms with van der Waals surface area (Å²) in [7, 11) is 0. The summed E-state index contributed by atoms with van der Waals surface area (Å²) in [6, 6.07) is 0. The molecule has 102 valence electrons. The Balaban J connectivity index is 2.20. The number of carboxylic acids is 1. The largest absolute Gasteiger partial charge is 0.481 e. The van der Waals surface area contributed by atoms with Gasteiger partial charge in [-0.2, -0.15) is 0 Å². The van der Waals surface area contributed by atoms with E-state index in [1.54, 1.807) is 16.8 Å². The van der Waals surface area contributed by atoms with E-state index in [-0.39, 0.29) is 5.92 Å². The fraction of sp³-hybridized carbons (Fsp3) is 0.500. The Kier molecular flexibility index (Phi) is 3.64. The molecule has 2 rings (SSSR count). The van der Waals surface area contributed by atoms with Crippen molar-refractivity contribution in [1.82, 2.24) is 19.6 Å². The first-order valence-electron chi connectivity index (χ1n) is 6.13. The smallest absolute Gasteiger partial charge is 0.308 e. The van der Waals surface area contributed by atoms with Crippen LogP contribution in [0.25, 0.3) is 5.65 Å². The summed E-state index contributed by atoms with van der Waals surface area (Å²) in [5.41, 5.74) is 0.605. The molecular weight excluding hydrogens is 246 g/mol. The zero-order valence-corrected chi connectivity index (χ0v) is 11.2. The number of hydrogen-bond donors (Lipinski definition) is 2. The lowest BCUT2D eigenvalue weighted by atomic mass is 9.96. The van der Waals surface area contributed by atoms with E-state index < -0.39 is 11.9 Å². The van der Waals surface area contributed by atoms with Gasteiger partial charge < -0.3 is 10.4 Å². The molecule has 0 saturated heterocycles. The predicted octanol–water partition coefficient (Wildman–Crippen LogP) is 1.20. The Morgan fingerprint density at radius 1 is 1.47 bits per heavy atom. The predicted molar refractivity (Wildman–Crippen MR) is 70.0 cm³/mol. The molecule has 0 aliphatic heterocycles. The van der Waals surface area contributed by atoms with Crippen LogP contribution in [0.1, 0.15) is 19.7 Å². The van der Waals surface area contributed by atoms with E-state index in [1.807, 2.05) is 20.8 Å². The lowest BCUT2D eigenvalue weighted by Crippen LogP contribution is -2.27. The third kappa shape index (κ3) is 2.64. The van der Waals surface area contributed by atoms with Gasteiger partial charge in [-0.05, 0) is 12.8 Å². The van der Waals surface area contributed by atoms with Crippen molar-refractivity contribution in [1.29, 1.82) is 0 Å². The van der Waals surface area contributed by atoms with Gasteiger partial charge in [-0.15, -0.1) is 10.2 Å². The van der Waals surface area contributed by atoms with E-state index in [9.17, 15) is 4.79 Å². The molecule has 0 amide bonds. The lowest BCUT2D eigenvalue weighted by Gasteiger charge is -2.17. The lowest BCUT2D eigenvalue weighted by molar-refractivity contribution is -0.142. The minimum absolute atomic E-state index is 0.0457. The number of carbonyl (C=O) groups is 1. The van der Waals surface area contributed by atoms with Crippen LogP contribution < -0.4 is 5.32 Å². The van der Waals surface area contributed by atoms with Gasteiger partial charge in [0.1, 0.15) is 5.82 Å².